The Kier molecular flexibility index (Phi) is 5.41. The van der Waals surface area contributed by atoms with Crippen molar-refractivity contribution in [3.8, 4) is 11.5 Å². The van der Waals surface area contributed by atoms with Gasteiger partial charge in [-0.2, -0.15) is 0 Å². The monoisotopic (exact) mass is 469 g/mol. The van der Waals surface area contributed by atoms with Crippen molar-refractivity contribution < 1.29 is 18.7 Å². The molecule has 32 heavy (non-hydrogen) atoms. The summed E-state index contributed by atoms with van der Waals surface area (Å²) in [4.78, 5) is 15.2. The second-order valence-corrected chi connectivity index (χ2v) is 8.69. The predicted molar refractivity (Wildman–Crippen MR) is 122 cm³/mol. The van der Waals surface area contributed by atoms with Crippen LogP contribution in [-0.4, -0.2) is 17.4 Å². The van der Waals surface area contributed by atoms with Gasteiger partial charge in [0.1, 0.15) is 24.0 Å². The Labute approximate surface area is 194 Å². The molecule has 3 aromatic carbocycles. The van der Waals surface area contributed by atoms with Crippen molar-refractivity contribution in [3.05, 3.63) is 98.0 Å². The number of ether oxygens (including phenoxy) is 2. The molecule has 0 saturated heterocycles. The maximum Gasteiger partial charge on any atom is 0.232 e. The number of rotatable bonds is 3. The minimum absolute atomic E-state index is 0.189. The Bertz CT molecular complexity index is 1270. The van der Waals surface area contributed by atoms with E-state index in [2.05, 4.69) is 4.90 Å². The van der Waals surface area contributed by atoms with Gasteiger partial charge in [-0.1, -0.05) is 41.4 Å². The highest BCUT2D eigenvalue weighted by atomic mass is 35.5. The summed E-state index contributed by atoms with van der Waals surface area (Å²) >= 11 is 12.2. The highest BCUT2D eigenvalue weighted by molar-refractivity contribution is 6.42. The van der Waals surface area contributed by atoms with Crippen molar-refractivity contribution in [1.29, 1.82) is 0 Å². The lowest BCUT2D eigenvalue weighted by atomic mass is 9.98. The number of nitrogens with zero attached hydrogens (tertiary/aromatic N) is 1. The molecule has 162 valence electrons. The van der Waals surface area contributed by atoms with Gasteiger partial charge in [0, 0.05) is 13.1 Å². The van der Waals surface area contributed by atoms with Crippen molar-refractivity contribution in [1.82, 2.24) is 4.90 Å². The third-order valence-corrected chi connectivity index (χ3v) is 6.28. The molecule has 0 amide bonds. The van der Waals surface area contributed by atoms with Gasteiger partial charge in [0.25, 0.3) is 0 Å². The summed E-state index contributed by atoms with van der Waals surface area (Å²) in [6.45, 7) is 3.42. The lowest BCUT2D eigenvalue weighted by Crippen LogP contribution is -2.31. The molecule has 0 N–H and O–H groups in total. The minimum Gasteiger partial charge on any atom is -0.478 e. The van der Waals surface area contributed by atoms with E-state index in [9.17, 15) is 9.18 Å². The first kappa shape index (κ1) is 21.0. The number of carbonyl (C=O) groups is 1. The standard InChI is InChI=1S/C25H18Cl2FNO3/c1-14-8-21-18(12-29(13-31-21)11-16-4-7-19(26)20(27)9-16)25-23(14)24(30)22(32-25)10-15-2-5-17(28)6-3-15/h2-10H,11-13H2,1H3/b22-10-. The third kappa shape index (κ3) is 3.88. The largest absolute Gasteiger partial charge is 0.478 e. The van der Waals surface area contributed by atoms with E-state index >= 15 is 0 Å². The number of hydrogen-bond donors (Lipinski definition) is 0. The normalized spacial score (nSPS) is 16.5. The fourth-order valence-corrected chi connectivity index (χ4v) is 4.30. The summed E-state index contributed by atoms with van der Waals surface area (Å²) in [5, 5.41) is 1.01. The molecule has 0 spiro atoms. The van der Waals surface area contributed by atoms with Crippen molar-refractivity contribution in [2.75, 3.05) is 6.73 Å². The van der Waals surface area contributed by atoms with E-state index in [4.69, 9.17) is 32.7 Å². The number of carbonyl (C=O) groups excluding carboxylic acids is 1. The molecule has 4 nitrogen and oxygen atoms in total. The van der Waals surface area contributed by atoms with Crippen molar-refractivity contribution in [2.24, 2.45) is 0 Å². The predicted octanol–water partition coefficient (Wildman–Crippen LogP) is 6.41. The highest BCUT2D eigenvalue weighted by Crippen LogP contribution is 2.44. The number of allylic oxidation sites excluding steroid dienone is 1. The van der Waals surface area contributed by atoms with Gasteiger partial charge in [-0.3, -0.25) is 9.69 Å². The van der Waals surface area contributed by atoms with Crippen LogP contribution in [0.15, 0.2) is 54.3 Å². The second kappa shape index (κ2) is 8.24. The smallest absolute Gasteiger partial charge is 0.232 e. The average molecular weight is 470 g/mol. The molecule has 7 heteroatoms. The molecule has 0 aromatic heterocycles. The third-order valence-electron chi connectivity index (χ3n) is 5.55. The zero-order chi connectivity index (χ0) is 22.4. The van der Waals surface area contributed by atoms with Crippen molar-refractivity contribution in [2.45, 2.75) is 20.0 Å². The topological polar surface area (TPSA) is 38.8 Å². The zero-order valence-electron chi connectivity index (χ0n) is 17.1. The Morgan fingerprint density at radius 2 is 1.88 bits per heavy atom. The molecule has 0 aliphatic carbocycles. The average Bonchev–Trinajstić information content (AvgIpc) is 3.10. The molecule has 0 saturated carbocycles. The van der Waals surface area contributed by atoms with E-state index in [-0.39, 0.29) is 17.4 Å². The number of hydrogen-bond acceptors (Lipinski definition) is 4. The summed E-state index contributed by atoms with van der Waals surface area (Å²) in [6.07, 6.45) is 1.63. The fraction of sp³-hybridized carbons (Fsp3) is 0.160. The number of aryl methyl sites for hydroxylation is 1. The van der Waals surface area contributed by atoms with E-state index in [1.54, 1.807) is 24.3 Å². The Morgan fingerprint density at radius 1 is 1.09 bits per heavy atom. The van der Waals surface area contributed by atoms with Crippen LogP contribution in [0.1, 0.15) is 32.6 Å². The lowest BCUT2D eigenvalue weighted by molar-refractivity contribution is 0.0872. The molecule has 3 aromatic rings. The van der Waals surface area contributed by atoms with Gasteiger partial charge in [-0.05, 0) is 60.0 Å². The van der Waals surface area contributed by atoms with E-state index < -0.39 is 0 Å². The Morgan fingerprint density at radius 3 is 2.62 bits per heavy atom. The van der Waals surface area contributed by atoms with Crippen LogP contribution >= 0.6 is 23.2 Å². The van der Waals surface area contributed by atoms with Crippen molar-refractivity contribution in [3.63, 3.8) is 0 Å². The van der Waals surface area contributed by atoms with E-state index in [1.807, 2.05) is 25.1 Å². The van der Waals surface area contributed by atoms with E-state index in [0.29, 0.717) is 52.5 Å². The number of fused-ring (bicyclic) bond motifs is 3. The quantitative estimate of drug-likeness (QED) is 0.415. The van der Waals surface area contributed by atoms with Crippen LogP contribution in [-0.2, 0) is 13.1 Å². The molecule has 0 unspecified atom stereocenters. The number of benzene rings is 3. The maximum absolute atomic E-state index is 13.2. The van der Waals surface area contributed by atoms with Crippen LogP contribution in [0.5, 0.6) is 11.5 Å². The van der Waals surface area contributed by atoms with Crippen LogP contribution in [0.25, 0.3) is 6.08 Å². The molecular formula is C25H18Cl2FNO3. The molecule has 2 heterocycles. The van der Waals surface area contributed by atoms with Gasteiger partial charge in [0.05, 0.1) is 21.2 Å². The number of Topliss-reactive ketones (excluding diaryl/α,β-unsaturated/α-hetero) is 1. The summed E-state index contributed by atoms with van der Waals surface area (Å²) in [5.41, 5.74) is 3.85. The molecule has 0 bridgehead atoms. The van der Waals surface area contributed by atoms with Crippen molar-refractivity contribution >= 4 is 35.1 Å². The highest BCUT2D eigenvalue weighted by Gasteiger charge is 2.35. The SMILES string of the molecule is Cc1cc2c(c3c1C(=O)/C(=C/c1ccc(F)cc1)O3)CN(Cc1ccc(Cl)c(Cl)c1)CO2. The van der Waals surface area contributed by atoms with E-state index in [0.717, 1.165) is 16.7 Å². The molecule has 5 rings (SSSR count). The molecule has 0 atom stereocenters. The zero-order valence-corrected chi connectivity index (χ0v) is 18.6. The van der Waals surface area contributed by atoms with Crippen LogP contribution in [0.4, 0.5) is 4.39 Å². The molecule has 0 radical (unpaired) electrons. The first-order valence-corrected chi connectivity index (χ1v) is 10.8. The van der Waals surface area contributed by atoms with Gasteiger partial charge < -0.3 is 9.47 Å². The summed E-state index contributed by atoms with van der Waals surface area (Å²) in [6, 6.07) is 13.3. The maximum atomic E-state index is 13.2. The number of halogens is 3. The van der Waals surface area contributed by atoms with Crippen LogP contribution in [0, 0.1) is 12.7 Å². The fourth-order valence-electron chi connectivity index (χ4n) is 3.98. The lowest BCUT2D eigenvalue weighted by Gasteiger charge is -2.30. The van der Waals surface area contributed by atoms with Gasteiger partial charge >= 0.3 is 0 Å². The Hall–Kier alpha value is -2.86. The summed E-state index contributed by atoms with van der Waals surface area (Å²) in [5.74, 6) is 0.925. The first-order chi connectivity index (χ1) is 15.4. The second-order valence-electron chi connectivity index (χ2n) is 7.87. The van der Waals surface area contributed by atoms with E-state index in [1.165, 1.54) is 12.1 Å². The summed E-state index contributed by atoms with van der Waals surface area (Å²) in [7, 11) is 0. The summed E-state index contributed by atoms with van der Waals surface area (Å²) < 4.78 is 25.2. The van der Waals surface area contributed by atoms with Crippen LogP contribution < -0.4 is 9.47 Å². The molecule has 2 aliphatic rings. The van der Waals surface area contributed by atoms with Crippen LogP contribution in [0.3, 0.4) is 0 Å². The Balaban J connectivity index is 1.45. The van der Waals surface area contributed by atoms with Crippen LogP contribution in [0.2, 0.25) is 10.0 Å². The van der Waals surface area contributed by atoms with Gasteiger partial charge in [0.15, 0.2) is 5.76 Å². The van der Waals surface area contributed by atoms with Gasteiger partial charge in [-0.25, -0.2) is 4.39 Å². The molecular weight excluding hydrogens is 452 g/mol. The minimum atomic E-state index is -0.335. The van der Waals surface area contributed by atoms with Gasteiger partial charge in [-0.15, -0.1) is 0 Å². The molecule has 0 fully saturated rings. The van der Waals surface area contributed by atoms with Gasteiger partial charge in [0.2, 0.25) is 5.78 Å². The first-order valence-electron chi connectivity index (χ1n) is 10.0. The number of ketones is 1. The molecule has 2 aliphatic heterocycles.